The Kier molecular flexibility index (Phi) is 3.95. The van der Waals surface area contributed by atoms with Crippen LogP contribution in [0.5, 0.6) is 0 Å². The van der Waals surface area contributed by atoms with Crippen molar-refractivity contribution in [2.45, 2.75) is 17.2 Å². The van der Waals surface area contributed by atoms with Gasteiger partial charge < -0.3 is 5.11 Å². The molecule has 8 heteroatoms. The van der Waals surface area contributed by atoms with E-state index in [1.807, 2.05) is 0 Å². The molecule has 0 saturated carbocycles. The summed E-state index contributed by atoms with van der Waals surface area (Å²) < 4.78 is 24.6. The molecule has 1 heterocycles. The monoisotopic (exact) mass is 283 g/mol. The summed E-state index contributed by atoms with van der Waals surface area (Å²) in [5, 5.41) is 10.4. The van der Waals surface area contributed by atoms with E-state index < -0.39 is 22.0 Å². The van der Waals surface area contributed by atoms with E-state index in [0.29, 0.717) is 0 Å². The fourth-order valence-electron chi connectivity index (χ4n) is 0.958. The molecular formula is C8H10ClNO4S2. The molecule has 1 aromatic heterocycles. The molecule has 0 aromatic carbocycles. The van der Waals surface area contributed by atoms with Gasteiger partial charge in [-0.25, -0.2) is 8.42 Å². The number of carbonyl (C=O) groups is 1. The Morgan fingerprint density at radius 2 is 2.19 bits per heavy atom. The first-order chi connectivity index (χ1) is 7.28. The molecule has 0 spiro atoms. The lowest BCUT2D eigenvalue weighted by Gasteiger charge is -2.20. The maximum absolute atomic E-state index is 11.9. The second-order valence-corrected chi connectivity index (χ2v) is 6.61. The number of likely N-dealkylation sites (N-methyl/N-ethyl adjacent to an activating group) is 1. The summed E-state index contributed by atoms with van der Waals surface area (Å²) in [6, 6.07) is 0.321. The van der Waals surface area contributed by atoms with Crippen LogP contribution in [0.25, 0.3) is 0 Å². The topological polar surface area (TPSA) is 74.7 Å². The molecule has 0 aliphatic heterocycles. The zero-order chi connectivity index (χ0) is 12.5. The summed E-state index contributed by atoms with van der Waals surface area (Å²) in [7, 11) is -2.62. The molecule has 5 nitrogen and oxygen atoms in total. The predicted octanol–water partition coefficient (Wildman–Crippen LogP) is 1.50. The van der Waals surface area contributed by atoms with Crippen LogP contribution in [0.4, 0.5) is 0 Å². The lowest BCUT2D eigenvalue weighted by Crippen LogP contribution is -2.39. The number of halogens is 1. The molecule has 1 aromatic rings. The average Bonchev–Trinajstić information content (AvgIpc) is 2.62. The van der Waals surface area contributed by atoms with Gasteiger partial charge in [0, 0.05) is 7.05 Å². The number of carboxylic acids is 1. The molecule has 0 bridgehead atoms. The molecule has 0 aliphatic rings. The molecule has 16 heavy (non-hydrogen) atoms. The van der Waals surface area contributed by atoms with E-state index in [-0.39, 0.29) is 9.23 Å². The summed E-state index contributed by atoms with van der Waals surface area (Å²) in [6.07, 6.45) is 0. The van der Waals surface area contributed by atoms with Crippen molar-refractivity contribution in [2.75, 3.05) is 7.05 Å². The van der Waals surface area contributed by atoms with Crippen molar-refractivity contribution in [3.63, 3.8) is 0 Å². The van der Waals surface area contributed by atoms with Gasteiger partial charge in [-0.1, -0.05) is 11.6 Å². The van der Waals surface area contributed by atoms with Crippen molar-refractivity contribution in [2.24, 2.45) is 0 Å². The highest BCUT2D eigenvalue weighted by molar-refractivity contribution is 7.91. The smallest absolute Gasteiger partial charge is 0.321 e. The zero-order valence-electron chi connectivity index (χ0n) is 8.55. The van der Waals surface area contributed by atoms with Crippen molar-refractivity contribution in [3.8, 4) is 0 Å². The van der Waals surface area contributed by atoms with Crippen molar-refractivity contribution in [3.05, 3.63) is 16.5 Å². The Hall–Kier alpha value is -0.630. The van der Waals surface area contributed by atoms with Crippen molar-refractivity contribution >= 4 is 38.9 Å². The maximum atomic E-state index is 11.9. The van der Waals surface area contributed by atoms with Crippen LogP contribution in [0, 0.1) is 0 Å². The number of hydrogen-bond donors (Lipinski definition) is 1. The summed E-state index contributed by atoms with van der Waals surface area (Å²) in [5.74, 6) is -1.21. The van der Waals surface area contributed by atoms with Crippen LogP contribution < -0.4 is 0 Å². The SMILES string of the molecule is CC(C(=O)O)N(C)S(=O)(=O)c1sccc1Cl. The minimum atomic E-state index is -3.83. The average molecular weight is 284 g/mol. The highest BCUT2D eigenvalue weighted by Crippen LogP contribution is 2.30. The lowest BCUT2D eigenvalue weighted by atomic mass is 10.4. The van der Waals surface area contributed by atoms with E-state index in [4.69, 9.17) is 16.7 Å². The van der Waals surface area contributed by atoms with E-state index in [1.54, 1.807) is 0 Å². The normalized spacial score (nSPS) is 14.0. The summed E-state index contributed by atoms with van der Waals surface area (Å²) in [6.45, 7) is 1.29. The fourth-order valence-corrected chi connectivity index (χ4v) is 4.12. The summed E-state index contributed by atoms with van der Waals surface area (Å²) in [4.78, 5) is 10.7. The molecule has 90 valence electrons. The molecule has 1 unspecified atom stereocenters. The van der Waals surface area contributed by atoms with E-state index in [2.05, 4.69) is 0 Å². The highest BCUT2D eigenvalue weighted by atomic mass is 35.5. The molecule has 0 amide bonds. The minimum Gasteiger partial charge on any atom is -0.480 e. The number of nitrogens with zero attached hydrogens (tertiary/aromatic N) is 1. The summed E-state index contributed by atoms with van der Waals surface area (Å²) >= 11 is 6.67. The van der Waals surface area contributed by atoms with Gasteiger partial charge in [-0.2, -0.15) is 4.31 Å². The van der Waals surface area contributed by atoms with Gasteiger partial charge in [-0.3, -0.25) is 4.79 Å². The van der Waals surface area contributed by atoms with Crippen LogP contribution in [0.2, 0.25) is 5.02 Å². The Morgan fingerprint density at radius 3 is 2.56 bits per heavy atom. The van der Waals surface area contributed by atoms with E-state index >= 15 is 0 Å². The first kappa shape index (κ1) is 13.4. The van der Waals surface area contributed by atoms with Gasteiger partial charge in [-0.05, 0) is 18.4 Å². The Bertz CT molecular complexity index is 496. The van der Waals surface area contributed by atoms with Crippen LogP contribution in [0.1, 0.15) is 6.92 Å². The number of aliphatic carboxylic acids is 1. The third kappa shape index (κ3) is 2.37. The third-order valence-electron chi connectivity index (χ3n) is 2.10. The predicted molar refractivity (Wildman–Crippen MR) is 61.4 cm³/mol. The van der Waals surface area contributed by atoms with Gasteiger partial charge in [0.15, 0.2) is 4.21 Å². The zero-order valence-corrected chi connectivity index (χ0v) is 10.9. The molecule has 0 radical (unpaired) electrons. The highest BCUT2D eigenvalue weighted by Gasteiger charge is 2.31. The third-order valence-corrected chi connectivity index (χ3v) is 6.03. The van der Waals surface area contributed by atoms with Gasteiger partial charge in [0.25, 0.3) is 10.0 Å². The molecule has 0 aliphatic carbocycles. The summed E-state index contributed by atoms with van der Waals surface area (Å²) in [5.41, 5.74) is 0. The number of carboxylic acid groups (broad SMARTS) is 1. The van der Waals surface area contributed by atoms with Gasteiger partial charge >= 0.3 is 5.97 Å². The first-order valence-electron chi connectivity index (χ1n) is 4.22. The number of hydrogen-bond acceptors (Lipinski definition) is 4. The number of thiophene rings is 1. The van der Waals surface area contributed by atoms with Crippen LogP contribution in [0.15, 0.2) is 15.7 Å². The Labute approximate surface area is 102 Å². The standard InChI is InChI=1S/C8H10ClNO4S2/c1-5(7(11)12)10(2)16(13,14)8-6(9)3-4-15-8/h3-5H,1-2H3,(H,11,12). The van der Waals surface area contributed by atoms with Crippen molar-refractivity contribution in [1.29, 1.82) is 0 Å². The Balaban J connectivity index is 3.13. The Morgan fingerprint density at radius 1 is 1.62 bits per heavy atom. The number of sulfonamides is 1. The molecular weight excluding hydrogens is 274 g/mol. The quantitative estimate of drug-likeness (QED) is 0.908. The van der Waals surface area contributed by atoms with Crippen LogP contribution in [0.3, 0.4) is 0 Å². The number of rotatable bonds is 4. The van der Waals surface area contributed by atoms with Crippen molar-refractivity contribution in [1.82, 2.24) is 4.31 Å². The molecule has 1 N–H and O–H groups in total. The second kappa shape index (κ2) is 4.70. The van der Waals surface area contributed by atoms with Crippen molar-refractivity contribution < 1.29 is 18.3 Å². The van der Waals surface area contributed by atoms with Gasteiger partial charge in [-0.15, -0.1) is 11.3 Å². The van der Waals surface area contributed by atoms with Gasteiger partial charge in [0.05, 0.1) is 5.02 Å². The molecule has 0 saturated heterocycles. The molecule has 0 fully saturated rings. The van der Waals surface area contributed by atoms with E-state index in [9.17, 15) is 13.2 Å². The van der Waals surface area contributed by atoms with Gasteiger partial charge in [0.2, 0.25) is 0 Å². The van der Waals surface area contributed by atoms with Crippen LogP contribution in [-0.4, -0.2) is 36.9 Å². The second-order valence-electron chi connectivity index (χ2n) is 3.09. The largest absolute Gasteiger partial charge is 0.480 e. The van der Waals surface area contributed by atoms with Gasteiger partial charge in [0.1, 0.15) is 6.04 Å². The molecule has 1 atom stereocenters. The van der Waals surface area contributed by atoms with E-state index in [0.717, 1.165) is 15.6 Å². The maximum Gasteiger partial charge on any atom is 0.321 e. The lowest BCUT2D eigenvalue weighted by molar-refractivity contribution is -0.140. The van der Waals surface area contributed by atoms with Crippen LogP contribution >= 0.6 is 22.9 Å². The van der Waals surface area contributed by atoms with Crippen LogP contribution in [-0.2, 0) is 14.8 Å². The van der Waals surface area contributed by atoms with E-state index in [1.165, 1.54) is 25.4 Å². The first-order valence-corrected chi connectivity index (χ1v) is 6.92. The molecule has 1 rings (SSSR count). The minimum absolute atomic E-state index is 0.0373. The fraction of sp³-hybridized carbons (Fsp3) is 0.375.